The Morgan fingerprint density at radius 1 is 1.25 bits per heavy atom. The first-order chi connectivity index (χ1) is 25.6. The largest absolute Gasteiger partial charge is 0.495 e. The molecule has 0 saturated carbocycles. The molecule has 0 aliphatic carbocycles. The fourth-order valence-electron chi connectivity index (χ4n) is 6.19. The number of carbonyl (C=O) groups is 3. The van der Waals surface area contributed by atoms with Gasteiger partial charge in [-0.15, -0.1) is 0 Å². The van der Waals surface area contributed by atoms with Gasteiger partial charge in [-0.05, 0) is 57.0 Å². The Hall–Kier alpha value is -4.91. The maximum absolute atomic E-state index is 13.0. The number of amides is 3. The van der Waals surface area contributed by atoms with Crippen molar-refractivity contribution in [2.24, 2.45) is 5.92 Å². The van der Waals surface area contributed by atoms with Crippen LogP contribution in [0.1, 0.15) is 45.2 Å². The molecule has 2 saturated heterocycles. The number of aliphatic hydroxyl groups is 1. The number of hydrogen-bond acceptors (Lipinski definition) is 11. The Morgan fingerprint density at radius 2 is 1.93 bits per heavy atom. The summed E-state index contributed by atoms with van der Waals surface area (Å²) < 4.78 is 66.1. The van der Waals surface area contributed by atoms with E-state index in [1.165, 1.54) is 21.3 Å². The summed E-state index contributed by atoms with van der Waals surface area (Å²) in [4.78, 5) is 49.2. The number of anilines is 2. The van der Waals surface area contributed by atoms with Gasteiger partial charge in [-0.1, -0.05) is 42.3 Å². The average molecular weight is 799 g/mol. The van der Waals surface area contributed by atoms with Gasteiger partial charge in [0.2, 0.25) is 0 Å². The quantitative estimate of drug-likeness (QED) is 0.0813. The number of alkyl carbamates (subject to hydrolysis) is 1. The van der Waals surface area contributed by atoms with E-state index in [2.05, 4.69) is 5.32 Å². The maximum Gasteiger partial charge on any atom is 0.416 e. The summed E-state index contributed by atoms with van der Waals surface area (Å²) in [6.07, 6.45) is -3.23. The third-order valence-electron chi connectivity index (χ3n) is 9.21. The Bertz CT molecular complexity index is 1870. The summed E-state index contributed by atoms with van der Waals surface area (Å²) in [5, 5.41) is 27.3. The van der Waals surface area contributed by atoms with Crippen LogP contribution in [0, 0.1) is 16.0 Å². The van der Waals surface area contributed by atoms with Gasteiger partial charge in [0.25, 0.3) is 11.6 Å². The van der Waals surface area contributed by atoms with Gasteiger partial charge in [0.1, 0.15) is 28.7 Å². The highest BCUT2D eigenvalue weighted by Gasteiger charge is 2.56. The zero-order valence-corrected chi connectivity index (χ0v) is 31.7. The molecule has 300 valence electrons. The van der Waals surface area contributed by atoms with Gasteiger partial charge in [-0.2, -0.15) is 13.2 Å². The van der Waals surface area contributed by atoms with Gasteiger partial charge in [-0.25, -0.2) is 9.59 Å². The van der Waals surface area contributed by atoms with Gasteiger partial charge in [0, 0.05) is 32.6 Å². The highest BCUT2D eigenvalue weighted by molar-refractivity contribution is 6.35. The number of halogens is 4. The third kappa shape index (κ3) is 10.4. The lowest BCUT2D eigenvalue weighted by molar-refractivity contribution is -0.384. The van der Waals surface area contributed by atoms with Crippen molar-refractivity contribution in [2.75, 3.05) is 38.1 Å². The summed E-state index contributed by atoms with van der Waals surface area (Å²) in [7, 11) is 4.14. The Balaban J connectivity index is 1.41. The number of nitrogens with one attached hydrogen (secondary N) is 2. The highest BCUT2D eigenvalue weighted by atomic mass is 35.5. The van der Waals surface area contributed by atoms with Crippen LogP contribution in [0.2, 0.25) is 5.02 Å². The fourth-order valence-corrected chi connectivity index (χ4v) is 6.50. The van der Waals surface area contributed by atoms with E-state index in [-0.39, 0.29) is 46.6 Å². The number of hydrogen-bond donors (Lipinski definition) is 3. The molecule has 2 fully saturated rings. The monoisotopic (exact) mass is 798 g/mol. The van der Waals surface area contributed by atoms with E-state index in [0.717, 1.165) is 10.5 Å². The van der Waals surface area contributed by atoms with Gasteiger partial charge >= 0.3 is 18.4 Å². The molecule has 4 rings (SSSR count). The Kier molecular flexibility index (Phi) is 13.1. The number of nitrogens with zero attached hydrogens (tertiary/aromatic N) is 2. The van der Waals surface area contributed by atoms with E-state index in [1.807, 2.05) is 33.0 Å². The predicted octanol–water partition coefficient (Wildman–Crippen LogP) is 6.55. The minimum atomic E-state index is -4.86. The number of rotatable bonds is 14. The zero-order chi connectivity index (χ0) is 41.0. The van der Waals surface area contributed by atoms with Crippen LogP contribution in [-0.2, 0) is 36.3 Å². The molecule has 3 amide bonds. The first-order valence-electron chi connectivity index (χ1n) is 16.8. The molecule has 0 radical (unpaired) electrons. The number of carbonyl (C=O) groups excluding carboxylic acids is 3. The van der Waals surface area contributed by atoms with Crippen molar-refractivity contribution in [3.05, 3.63) is 80.4 Å². The van der Waals surface area contributed by atoms with Crippen LogP contribution in [0.15, 0.2) is 54.1 Å². The lowest BCUT2D eigenvalue weighted by atomic mass is 9.86. The molecule has 2 aromatic rings. The molecule has 2 aliphatic rings. The van der Waals surface area contributed by atoms with E-state index >= 15 is 0 Å². The van der Waals surface area contributed by atoms with E-state index < -0.39 is 70.7 Å². The van der Waals surface area contributed by atoms with Crippen LogP contribution in [0.3, 0.4) is 0 Å². The van der Waals surface area contributed by atoms with Gasteiger partial charge in [0.15, 0.2) is 12.3 Å². The molecule has 0 spiro atoms. The minimum absolute atomic E-state index is 0.0539. The number of benzene rings is 2. The Morgan fingerprint density at radius 3 is 2.51 bits per heavy atom. The number of cyclic esters (lactones) is 1. The van der Waals surface area contributed by atoms with Crippen LogP contribution in [0.4, 0.5) is 39.8 Å². The number of epoxide rings is 1. The first-order valence-corrected chi connectivity index (χ1v) is 17.2. The summed E-state index contributed by atoms with van der Waals surface area (Å²) in [6.45, 7) is 6.74. The maximum atomic E-state index is 13.0. The molecule has 0 unspecified atom stereocenters. The van der Waals surface area contributed by atoms with Crippen molar-refractivity contribution in [2.45, 2.75) is 76.4 Å². The topological polar surface area (TPSA) is 191 Å². The SMILES string of the molecule is COc1cc(C/C(C)=C/C=C/[C@@H](OC)[C@@]2(O)C[C@@H]([C@@H](C)[C@@H]3OC3(C)C)OC(=O)N2)cc(N(C)C(=O)COC(=O)Nc2ccc(C(F)(F)F)cc2[N+](=O)[O-])c1Cl. The molecule has 15 nitrogen and oxygen atoms in total. The van der Waals surface area contributed by atoms with Gasteiger partial charge in [0.05, 0.1) is 35.0 Å². The highest BCUT2D eigenvalue weighted by Crippen LogP contribution is 2.44. The molecule has 19 heteroatoms. The number of likely N-dealkylation sites (N-methyl/N-ethyl adjacent to an activating group) is 1. The molecule has 55 heavy (non-hydrogen) atoms. The number of nitro benzene ring substituents is 1. The summed E-state index contributed by atoms with van der Waals surface area (Å²) >= 11 is 6.52. The van der Waals surface area contributed by atoms with Gasteiger partial charge in [-0.3, -0.25) is 25.5 Å². The number of alkyl halides is 3. The summed E-state index contributed by atoms with van der Waals surface area (Å²) in [5.41, 5.74) is -3.34. The van der Waals surface area contributed by atoms with E-state index in [1.54, 1.807) is 30.4 Å². The molecular weight excluding hydrogens is 757 g/mol. The first kappa shape index (κ1) is 42.8. The lowest BCUT2D eigenvalue weighted by Gasteiger charge is -2.42. The molecule has 2 aromatic carbocycles. The van der Waals surface area contributed by atoms with E-state index in [0.29, 0.717) is 24.1 Å². The second-order valence-corrected chi connectivity index (χ2v) is 14.1. The van der Waals surface area contributed by atoms with Crippen molar-refractivity contribution in [3.63, 3.8) is 0 Å². The van der Waals surface area contributed by atoms with Crippen LogP contribution in [-0.4, -0.2) is 85.6 Å². The molecule has 2 heterocycles. The normalized spacial score (nSPS) is 21.9. The van der Waals surface area contributed by atoms with Gasteiger partial charge < -0.3 is 33.7 Å². The smallest absolute Gasteiger partial charge is 0.416 e. The lowest BCUT2D eigenvalue weighted by Crippen LogP contribution is -2.63. The molecule has 3 N–H and O–H groups in total. The van der Waals surface area contributed by atoms with Crippen molar-refractivity contribution in [3.8, 4) is 5.75 Å². The molecule has 0 bridgehead atoms. The second kappa shape index (κ2) is 16.8. The molecule has 0 aromatic heterocycles. The van der Waals surface area contributed by atoms with Crippen molar-refractivity contribution >= 4 is 46.8 Å². The number of allylic oxidation sites excluding steroid dienone is 3. The third-order valence-corrected chi connectivity index (χ3v) is 9.59. The molecule has 5 atom stereocenters. The van der Waals surface area contributed by atoms with Crippen LogP contribution < -0.4 is 20.3 Å². The van der Waals surface area contributed by atoms with Crippen molar-refractivity contribution < 1.29 is 61.3 Å². The number of nitro groups is 1. The fraction of sp³-hybridized carbons (Fsp3) is 0.472. The van der Waals surface area contributed by atoms with Crippen molar-refractivity contribution in [1.29, 1.82) is 0 Å². The second-order valence-electron chi connectivity index (χ2n) is 13.7. The summed E-state index contributed by atoms with van der Waals surface area (Å²) in [5.74, 6) is -0.723. The van der Waals surface area contributed by atoms with Crippen LogP contribution >= 0.6 is 11.6 Å². The number of ether oxygens (including phenoxy) is 5. The summed E-state index contributed by atoms with van der Waals surface area (Å²) in [6, 6.07) is 4.79. The van der Waals surface area contributed by atoms with E-state index in [4.69, 9.17) is 35.3 Å². The van der Waals surface area contributed by atoms with E-state index in [9.17, 15) is 42.8 Å². The average Bonchev–Trinajstić information content (AvgIpc) is 3.75. The molecule has 2 aliphatic heterocycles. The minimum Gasteiger partial charge on any atom is -0.495 e. The Labute approximate surface area is 319 Å². The standard InChI is InChI=1S/C36H42ClF3N4O11/c1-19(9-8-10-28(52-7)35(48)17-27(54-33(47)42-35)20(2)31-34(3,4)55-31)13-21-14-25(30(37)26(15-21)51-6)43(5)29(45)18-53-32(46)41-23-12-11-22(36(38,39)40)16-24(23)44(49)50/h8-12,14-16,20,27-28,31,48H,13,17-18H2,1-7H3,(H,41,46)(H,42,47)/b10-8+,19-9+/t20-,27+,28-,31+,35+/m1/s1. The number of methoxy groups -OCH3 is 2. The molecular formula is C36H42ClF3N4O11. The van der Waals surface area contributed by atoms with Crippen LogP contribution in [0.25, 0.3) is 0 Å². The van der Waals surface area contributed by atoms with Crippen LogP contribution in [0.5, 0.6) is 5.75 Å². The predicted molar refractivity (Wildman–Crippen MR) is 193 cm³/mol. The zero-order valence-electron chi connectivity index (χ0n) is 31.0. The van der Waals surface area contributed by atoms with Crippen molar-refractivity contribution in [1.82, 2.24) is 5.32 Å².